The topological polar surface area (TPSA) is 94.4 Å². The molecule has 0 aromatic heterocycles. The van der Waals surface area contributed by atoms with E-state index in [1.807, 2.05) is 6.07 Å². The number of anilines is 2. The molecule has 4 rings (SSSR count). The van der Waals surface area contributed by atoms with E-state index in [2.05, 4.69) is 15.7 Å². The molecule has 1 fully saturated rings. The van der Waals surface area contributed by atoms with Crippen LogP contribution in [0.15, 0.2) is 71.0 Å². The molecule has 2 aliphatic heterocycles. The predicted octanol–water partition coefficient (Wildman–Crippen LogP) is 1.62. The van der Waals surface area contributed by atoms with Crippen LogP contribution in [0.1, 0.15) is 0 Å². The molecule has 0 radical (unpaired) electrons. The Balaban J connectivity index is 1.49. The Morgan fingerprint density at radius 2 is 1.62 bits per heavy atom. The highest BCUT2D eigenvalue weighted by molar-refractivity contribution is 6.25. The van der Waals surface area contributed by atoms with Gasteiger partial charge in [0.15, 0.2) is 12.1 Å². The van der Waals surface area contributed by atoms with E-state index in [1.165, 1.54) is 5.01 Å². The SMILES string of the molecule is O=C(CN1N=N[C@H]2C(=O)N(c3ccccc3)C(=O)[C@H]21)Nc1ccccc1. The van der Waals surface area contributed by atoms with E-state index in [4.69, 9.17) is 0 Å². The molecule has 2 atom stereocenters. The third-order valence-corrected chi connectivity index (χ3v) is 4.24. The van der Waals surface area contributed by atoms with Crippen LogP contribution in [-0.4, -0.2) is 41.4 Å². The van der Waals surface area contributed by atoms with Crippen LogP contribution in [-0.2, 0) is 14.4 Å². The highest BCUT2D eigenvalue weighted by atomic mass is 16.2. The Bertz CT molecular complexity index is 884. The van der Waals surface area contributed by atoms with Gasteiger partial charge in [-0.3, -0.25) is 19.4 Å². The molecule has 1 N–H and O–H groups in total. The van der Waals surface area contributed by atoms with Crippen molar-refractivity contribution in [3.63, 3.8) is 0 Å². The number of fused-ring (bicyclic) bond motifs is 1. The first-order chi connectivity index (χ1) is 12.6. The number of carbonyl (C=O) groups excluding carboxylic acids is 3. The van der Waals surface area contributed by atoms with E-state index in [0.29, 0.717) is 11.4 Å². The van der Waals surface area contributed by atoms with Crippen molar-refractivity contribution in [1.82, 2.24) is 5.01 Å². The summed E-state index contributed by atoms with van der Waals surface area (Å²) in [6.07, 6.45) is 0. The molecule has 3 amide bonds. The fraction of sp³-hybridized carbons (Fsp3) is 0.167. The van der Waals surface area contributed by atoms with E-state index in [9.17, 15) is 14.4 Å². The molecule has 0 spiro atoms. The van der Waals surface area contributed by atoms with Crippen molar-refractivity contribution in [2.45, 2.75) is 12.1 Å². The van der Waals surface area contributed by atoms with Crippen LogP contribution in [0.3, 0.4) is 0 Å². The van der Waals surface area contributed by atoms with Crippen molar-refractivity contribution in [1.29, 1.82) is 0 Å². The number of carbonyl (C=O) groups is 3. The van der Waals surface area contributed by atoms with E-state index in [-0.39, 0.29) is 12.5 Å². The van der Waals surface area contributed by atoms with Gasteiger partial charge in [0.05, 0.1) is 5.69 Å². The second-order valence-electron chi connectivity index (χ2n) is 5.95. The van der Waals surface area contributed by atoms with Gasteiger partial charge in [-0.05, 0) is 24.3 Å². The van der Waals surface area contributed by atoms with E-state index < -0.39 is 23.9 Å². The summed E-state index contributed by atoms with van der Waals surface area (Å²) < 4.78 is 0. The normalized spacial score (nSPS) is 21.2. The zero-order valence-corrected chi connectivity index (χ0v) is 13.6. The van der Waals surface area contributed by atoms with Crippen molar-refractivity contribution >= 4 is 29.1 Å². The number of hydrogen-bond acceptors (Lipinski definition) is 6. The van der Waals surface area contributed by atoms with Crippen LogP contribution >= 0.6 is 0 Å². The third-order valence-electron chi connectivity index (χ3n) is 4.24. The number of hydrogen-bond donors (Lipinski definition) is 1. The largest absolute Gasteiger partial charge is 0.324 e. The lowest BCUT2D eigenvalue weighted by Gasteiger charge is -2.20. The van der Waals surface area contributed by atoms with Crippen LogP contribution in [0.2, 0.25) is 0 Å². The molecule has 2 aliphatic rings. The van der Waals surface area contributed by atoms with Crippen molar-refractivity contribution in [3.8, 4) is 0 Å². The summed E-state index contributed by atoms with van der Waals surface area (Å²) in [6, 6.07) is 15.8. The highest BCUT2D eigenvalue weighted by Gasteiger charge is 2.55. The Hall–Kier alpha value is -3.55. The quantitative estimate of drug-likeness (QED) is 0.849. The fourth-order valence-electron chi connectivity index (χ4n) is 3.05. The molecule has 2 heterocycles. The van der Waals surface area contributed by atoms with Gasteiger partial charge >= 0.3 is 0 Å². The molecule has 2 aromatic rings. The smallest absolute Gasteiger partial charge is 0.263 e. The summed E-state index contributed by atoms with van der Waals surface area (Å²) in [5, 5.41) is 11.8. The Morgan fingerprint density at radius 3 is 2.31 bits per heavy atom. The van der Waals surface area contributed by atoms with Gasteiger partial charge in [-0.25, -0.2) is 4.90 Å². The van der Waals surface area contributed by atoms with Crippen LogP contribution in [0, 0.1) is 0 Å². The Labute approximate surface area is 149 Å². The van der Waals surface area contributed by atoms with Crippen LogP contribution in [0.4, 0.5) is 11.4 Å². The molecule has 26 heavy (non-hydrogen) atoms. The summed E-state index contributed by atoms with van der Waals surface area (Å²) >= 11 is 0. The van der Waals surface area contributed by atoms with Gasteiger partial charge < -0.3 is 5.32 Å². The molecule has 0 aliphatic carbocycles. The first-order valence-corrected chi connectivity index (χ1v) is 8.10. The first kappa shape index (κ1) is 15.9. The highest BCUT2D eigenvalue weighted by Crippen LogP contribution is 2.31. The Morgan fingerprint density at radius 1 is 0.962 bits per heavy atom. The lowest BCUT2D eigenvalue weighted by atomic mass is 10.1. The second kappa shape index (κ2) is 6.40. The Kier molecular flexibility index (Phi) is 3.92. The summed E-state index contributed by atoms with van der Waals surface area (Å²) in [7, 11) is 0. The molecule has 8 nitrogen and oxygen atoms in total. The zero-order valence-electron chi connectivity index (χ0n) is 13.6. The average Bonchev–Trinajstić information content (AvgIpc) is 3.17. The monoisotopic (exact) mass is 349 g/mol. The number of imide groups is 1. The van der Waals surface area contributed by atoms with Gasteiger partial charge in [0.1, 0.15) is 6.54 Å². The number of rotatable bonds is 4. The molecule has 0 saturated carbocycles. The number of benzene rings is 2. The maximum absolute atomic E-state index is 12.8. The predicted molar refractivity (Wildman–Crippen MR) is 93.1 cm³/mol. The lowest BCUT2D eigenvalue weighted by molar-refractivity contribution is -0.123. The van der Waals surface area contributed by atoms with Crippen molar-refractivity contribution in [3.05, 3.63) is 60.7 Å². The minimum absolute atomic E-state index is 0.165. The number of nitrogens with zero attached hydrogens (tertiary/aromatic N) is 4. The number of nitrogens with one attached hydrogen (secondary N) is 1. The summed E-state index contributed by atoms with van der Waals surface area (Å²) in [6.45, 7) is -0.165. The number of para-hydroxylation sites is 2. The van der Waals surface area contributed by atoms with Crippen molar-refractivity contribution in [2.75, 3.05) is 16.8 Å². The molecule has 8 heteroatoms. The standard InChI is InChI=1S/C18H15N5O3/c24-14(19-12-7-3-1-4-8-12)11-22-16-15(20-21-22)17(25)23(18(16)26)13-9-5-2-6-10-13/h1-10,15-16H,11H2,(H,19,24)/t15-,16+/m1/s1. The van der Waals surface area contributed by atoms with Gasteiger partial charge in [-0.2, -0.15) is 5.11 Å². The van der Waals surface area contributed by atoms with E-state index >= 15 is 0 Å². The van der Waals surface area contributed by atoms with Gasteiger partial charge in [-0.1, -0.05) is 41.6 Å². The summed E-state index contributed by atoms with van der Waals surface area (Å²) in [5.74, 6) is -1.20. The molecule has 0 bridgehead atoms. The summed E-state index contributed by atoms with van der Waals surface area (Å²) in [5.41, 5.74) is 1.13. The van der Waals surface area contributed by atoms with Crippen molar-refractivity contribution < 1.29 is 14.4 Å². The number of amides is 3. The molecule has 1 saturated heterocycles. The zero-order chi connectivity index (χ0) is 18.1. The molecule has 2 aromatic carbocycles. The fourth-order valence-corrected chi connectivity index (χ4v) is 3.05. The minimum atomic E-state index is -0.910. The molecular weight excluding hydrogens is 334 g/mol. The van der Waals surface area contributed by atoms with E-state index in [1.54, 1.807) is 54.6 Å². The van der Waals surface area contributed by atoms with Gasteiger partial charge in [-0.15, -0.1) is 0 Å². The van der Waals surface area contributed by atoms with Crippen LogP contribution in [0.5, 0.6) is 0 Å². The first-order valence-electron chi connectivity index (χ1n) is 8.10. The van der Waals surface area contributed by atoms with Crippen molar-refractivity contribution in [2.24, 2.45) is 10.3 Å². The maximum atomic E-state index is 12.8. The van der Waals surface area contributed by atoms with Gasteiger partial charge in [0.2, 0.25) is 5.91 Å². The second-order valence-corrected chi connectivity index (χ2v) is 5.95. The molecular formula is C18H15N5O3. The maximum Gasteiger partial charge on any atom is 0.263 e. The van der Waals surface area contributed by atoms with Gasteiger partial charge in [0, 0.05) is 5.69 Å². The van der Waals surface area contributed by atoms with E-state index in [0.717, 1.165) is 4.90 Å². The van der Waals surface area contributed by atoms with Crippen LogP contribution in [0.25, 0.3) is 0 Å². The molecule has 0 unspecified atom stereocenters. The molecule has 130 valence electrons. The third kappa shape index (κ3) is 2.71. The summed E-state index contributed by atoms with van der Waals surface area (Å²) in [4.78, 5) is 38.6. The van der Waals surface area contributed by atoms with Crippen LogP contribution < -0.4 is 10.2 Å². The average molecular weight is 349 g/mol. The lowest BCUT2D eigenvalue weighted by Crippen LogP contribution is -2.43. The van der Waals surface area contributed by atoms with Gasteiger partial charge in [0.25, 0.3) is 11.8 Å². The minimum Gasteiger partial charge on any atom is -0.324 e.